The van der Waals surface area contributed by atoms with E-state index in [2.05, 4.69) is 5.32 Å². The Bertz CT molecular complexity index is 431. The Morgan fingerprint density at radius 3 is 2.65 bits per heavy atom. The lowest BCUT2D eigenvalue weighted by molar-refractivity contribution is -0.312. The van der Waals surface area contributed by atoms with Crippen molar-refractivity contribution < 1.29 is 19.4 Å². The van der Waals surface area contributed by atoms with Crippen LogP contribution in [0, 0.1) is 5.92 Å². The van der Waals surface area contributed by atoms with Crippen LogP contribution in [0.15, 0.2) is 30.3 Å². The molecule has 1 unspecified atom stereocenters. The summed E-state index contributed by atoms with van der Waals surface area (Å²) in [4.78, 5) is 22.1. The fourth-order valence-corrected chi connectivity index (χ4v) is 1.89. The van der Waals surface area contributed by atoms with Crippen molar-refractivity contribution >= 4 is 12.1 Å². The normalized spacial score (nSPS) is 24.9. The molecule has 1 aromatic carbocycles. The highest BCUT2D eigenvalue weighted by molar-refractivity contribution is 5.74. The molecule has 1 fully saturated rings. The monoisotopic (exact) mass is 234 g/mol. The van der Waals surface area contributed by atoms with Gasteiger partial charge in [0, 0.05) is 11.9 Å². The zero-order valence-corrected chi connectivity index (χ0v) is 9.25. The van der Waals surface area contributed by atoms with Crippen LogP contribution in [-0.2, 0) is 9.53 Å². The van der Waals surface area contributed by atoms with Gasteiger partial charge in [0.15, 0.2) is 0 Å². The summed E-state index contributed by atoms with van der Waals surface area (Å²) in [6.45, 7) is 1.49. The van der Waals surface area contributed by atoms with Gasteiger partial charge in [0.25, 0.3) is 0 Å². The number of amides is 1. The minimum absolute atomic E-state index is 0.586. The number of ether oxygens (including phenoxy) is 1. The molecule has 1 aliphatic rings. The molecule has 1 aliphatic heterocycles. The van der Waals surface area contributed by atoms with E-state index in [1.54, 1.807) is 12.1 Å². The highest BCUT2D eigenvalue weighted by atomic mass is 16.6. The Kier molecular flexibility index (Phi) is 2.99. The number of carbonyl (C=O) groups excluding carboxylic acids is 2. The fraction of sp³-hybridized carbons (Fsp3) is 0.333. The van der Waals surface area contributed by atoms with Gasteiger partial charge in [0.1, 0.15) is 6.10 Å². The lowest BCUT2D eigenvalue weighted by atomic mass is 9.93. The summed E-state index contributed by atoms with van der Waals surface area (Å²) in [5.41, 5.74) is 0.768. The number of hydrogen-bond donors (Lipinski definition) is 1. The number of alkyl carbamates (subject to hydrolysis) is 1. The maximum Gasteiger partial charge on any atom is 0.408 e. The van der Waals surface area contributed by atoms with Gasteiger partial charge in [-0.25, -0.2) is 4.79 Å². The van der Waals surface area contributed by atoms with Gasteiger partial charge in [-0.1, -0.05) is 37.3 Å². The molecule has 1 heterocycles. The van der Waals surface area contributed by atoms with Gasteiger partial charge in [-0.15, -0.1) is 0 Å². The van der Waals surface area contributed by atoms with E-state index in [4.69, 9.17) is 4.74 Å². The molecule has 3 atom stereocenters. The number of carboxylic acids is 1. The molecule has 17 heavy (non-hydrogen) atoms. The molecule has 90 valence electrons. The highest BCUT2D eigenvalue weighted by Gasteiger charge is 2.38. The van der Waals surface area contributed by atoms with Crippen LogP contribution >= 0.6 is 0 Å². The van der Waals surface area contributed by atoms with Crippen LogP contribution in [0.5, 0.6) is 0 Å². The van der Waals surface area contributed by atoms with E-state index in [9.17, 15) is 14.7 Å². The molecule has 1 amide bonds. The van der Waals surface area contributed by atoms with Crippen LogP contribution in [-0.4, -0.2) is 18.1 Å². The standard InChI is InChI=1S/C12H13NO4/c1-7(11(14)15)9-10(17-12(16)13-9)8-5-3-2-4-6-8/h2-7,9-10H,1H3,(H,13,16)(H,14,15)/p-1/t7?,9-,10+/m1/s1. The molecule has 2 rings (SSSR count). The van der Waals surface area contributed by atoms with Crippen molar-refractivity contribution in [1.29, 1.82) is 0 Å². The van der Waals surface area contributed by atoms with Crippen molar-refractivity contribution in [2.75, 3.05) is 0 Å². The van der Waals surface area contributed by atoms with E-state index in [-0.39, 0.29) is 0 Å². The topological polar surface area (TPSA) is 78.5 Å². The number of carbonyl (C=O) groups is 2. The van der Waals surface area contributed by atoms with Gasteiger partial charge in [-0.05, 0) is 5.56 Å². The molecule has 0 spiro atoms. The second-order valence-electron chi connectivity index (χ2n) is 4.01. The van der Waals surface area contributed by atoms with E-state index in [0.29, 0.717) is 0 Å². The van der Waals surface area contributed by atoms with Crippen molar-refractivity contribution in [3.05, 3.63) is 35.9 Å². The predicted octanol–water partition coefficient (Wildman–Crippen LogP) is 0.222. The first-order chi connectivity index (χ1) is 8.09. The molecule has 5 nitrogen and oxygen atoms in total. The summed E-state index contributed by atoms with van der Waals surface area (Å²) >= 11 is 0. The molecular weight excluding hydrogens is 222 g/mol. The molecule has 0 aliphatic carbocycles. The highest BCUT2D eigenvalue weighted by Crippen LogP contribution is 2.30. The van der Waals surface area contributed by atoms with Crippen molar-refractivity contribution in [1.82, 2.24) is 5.32 Å². The summed E-state index contributed by atoms with van der Waals surface area (Å²) < 4.78 is 5.09. The maximum absolute atomic E-state index is 11.2. The van der Waals surface area contributed by atoms with E-state index < -0.39 is 30.1 Å². The number of rotatable bonds is 3. The van der Waals surface area contributed by atoms with Gasteiger partial charge in [0.2, 0.25) is 0 Å². The van der Waals surface area contributed by atoms with Crippen LogP contribution in [0.25, 0.3) is 0 Å². The van der Waals surface area contributed by atoms with Crippen LogP contribution in [0.3, 0.4) is 0 Å². The molecule has 0 radical (unpaired) electrons. The smallest absolute Gasteiger partial charge is 0.408 e. The van der Waals surface area contributed by atoms with Crippen molar-refractivity contribution in [3.63, 3.8) is 0 Å². The van der Waals surface area contributed by atoms with Gasteiger partial charge in [-0.3, -0.25) is 0 Å². The summed E-state index contributed by atoms with van der Waals surface area (Å²) in [5, 5.41) is 13.4. The maximum atomic E-state index is 11.2. The van der Waals surface area contributed by atoms with Gasteiger partial charge < -0.3 is 20.0 Å². The van der Waals surface area contributed by atoms with Gasteiger partial charge in [-0.2, -0.15) is 0 Å². The van der Waals surface area contributed by atoms with Crippen LogP contribution in [0.2, 0.25) is 0 Å². The Labute approximate surface area is 98.4 Å². The van der Waals surface area contributed by atoms with E-state index in [1.807, 2.05) is 18.2 Å². The molecule has 1 aromatic rings. The second-order valence-corrected chi connectivity index (χ2v) is 4.01. The zero-order chi connectivity index (χ0) is 12.4. The average Bonchev–Trinajstić information content (AvgIpc) is 2.71. The minimum Gasteiger partial charge on any atom is -0.550 e. The van der Waals surface area contributed by atoms with Crippen LogP contribution < -0.4 is 10.4 Å². The molecule has 5 heteroatoms. The van der Waals surface area contributed by atoms with E-state index in [1.165, 1.54) is 6.92 Å². The average molecular weight is 234 g/mol. The third kappa shape index (κ3) is 2.22. The quantitative estimate of drug-likeness (QED) is 0.811. The molecule has 0 bridgehead atoms. The largest absolute Gasteiger partial charge is 0.550 e. The third-order valence-electron chi connectivity index (χ3n) is 2.88. The zero-order valence-electron chi connectivity index (χ0n) is 9.25. The predicted molar refractivity (Wildman–Crippen MR) is 56.8 cm³/mol. The Morgan fingerprint density at radius 1 is 1.41 bits per heavy atom. The first-order valence-corrected chi connectivity index (χ1v) is 5.32. The van der Waals surface area contributed by atoms with Gasteiger partial charge >= 0.3 is 6.09 Å². The Hall–Kier alpha value is -2.04. The summed E-state index contributed by atoms with van der Waals surface area (Å²) in [6, 6.07) is 8.44. The molecule has 0 aromatic heterocycles. The number of nitrogens with one attached hydrogen (secondary N) is 1. The van der Waals surface area contributed by atoms with Crippen LogP contribution in [0.4, 0.5) is 4.79 Å². The Balaban J connectivity index is 2.26. The Morgan fingerprint density at radius 2 is 2.06 bits per heavy atom. The first kappa shape index (κ1) is 11.4. The van der Waals surface area contributed by atoms with Crippen molar-refractivity contribution in [3.8, 4) is 0 Å². The van der Waals surface area contributed by atoms with E-state index >= 15 is 0 Å². The second kappa shape index (κ2) is 4.45. The van der Waals surface area contributed by atoms with Crippen molar-refractivity contribution in [2.45, 2.75) is 19.1 Å². The first-order valence-electron chi connectivity index (χ1n) is 5.32. The van der Waals surface area contributed by atoms with Crippen molar-refractivity contribution in [2.24, 2.45) is 5.92 Å². The molecule has 1 saturated heterocycles. The van der Waals surface area contributed by atoms with Gasteiger partial charge in [0.05, 0.1) is 6.04 Å². The summed E-state index contributed by atoms with van der Waals surface area (Å²) in [7, 11) is 0. The number of hydrogen-bond acceptors (Lipinski definition) is 4. The fourth-order valence-electron chi connectivity index (χ4n) is 1.89. The van der Waals surface area contributed by atoms with E-state index in [0.717, 1.165) is 5.56 Å². The summed E-state index contributed by atoms with van der Waals surface area (Å²) in [5.74, 6) is -2.02. The lowest BCUT2D eigenvalue weighted by Crippen LogP contribution is -2.44. The lowest BCUT2D eigenvalue weighted by Gasteiger charge is -2.23. The number of aliphatic carboxylic acids is 1. The molecular formula is C12H12NO4-. The molecule has 0 saturated carbocycles. The number of benzene rings is 1. The third-order valence-corrected chi connectivity index (χ3v) is 2.88. The molecule has 1 N–H and O–H groups in total. The summed E-state index contributed by atoms with van der Waals surface area (Å²) in [6.07, 6.45) is -1.19. The number of carboxylic acid groups (broad SMARTS) is 1. The van der Waals surface area contributed by atoms with Crippen LogP contribution in [0.1, 0.15) is 18.6 Å². The minimum atomic E-state index is -1.21. The SMILES string of the molecule is CC(C(=O)[O-])[C@H]1NC(=O)O[C@H]1c1ccccc1. The number of cyclic esters (lactones) is 1.